The fraction of sp³-hybridized carbons (Fsp3) is 0.200. The largest absolute Gasteiger partial charge is 0.323 e. The second-order valence-corrected chi connectivity index (χ2v) is 7.51. The van der Waals surface area contributed by atoms with Crippen LogP contribution in [0.3, 0.4) is 0 Å². The van der Waals surface area contributed by atoms with Crippen LogP contribution in [-0.2, 0) is 13.0 Å². The maximum Gasteiger partial charge on any atom is 0.271 e. The van der Waals surface area contributed by atoms with E-state index in [0.29, 0.717) is 12.1 Å². The second kappa shape index (κ2) is 8.80. The van der Waals surface area contributed by atoms with Crippen molar-refractivity contribution in [3.8, 4) is 17.2 Å². The minimum atomic E-state index is -0.384. The van der Waals surface area contributed by atoms with Crippen LogP contribution in [0.1, 0.15) is 36.7 Å². The van der Waals surface area contributed by atoms with Crippen LogP contribution in [0, 0.1) is 21.4 Å². The first-order valence-electron chi connectivity index (χ1n) is 10.3. The van der Waals surface area contributed by atoms with Gasteiger partial charge in [0.25, 0.3) is 5.69 Å². The molecule has 31 heavy (non-hydrogen) atoms. The molecule has 154 valence electrons. The Morgan fingerprint density at radius 1 is 1.10 bits per heavy atom. The van der Waals surface area contributed by atoms with Crippen LogP contribution < -0.4 is 0 Å². The zero-order valence-electron chi connectivity index (χ0n) is 17.3. The Bertz CT molecular complexity index is 1290. The lowest BCUT2D eigenvalue weighted by molar-refractivity contribution is -0.384. The van der Waals surface area contributed by atoms with Crippen molar-refractivity contribution < 1.29 is 4.92 Å². The van der Waals surface area contributed by atoms with E-state index in [0.717, 1.165) is 52.8 Å². The molecule has 0 atom stereocenters. The standard InChI is InChI=1S/C25H22N4O2/c1-2-3-9-25-27-23-13-11-21(29(30)31)15-24(23)28(25)17-18-10-12-22(20(14-18)16-26)19-7-5-4-6-8-19/h4-8,10-15H,2-3,9,17H2,1H3. The third-order valence-corrected chi connectivity index (χ3v) is 5.41. The molecule has 0 N–H and O–H groups in total. The highest BCUT2D eigenvalue weighted by Gasteiger charge is 2.16. The predicted molar refractivity (Wildman–Crippen MR) is 121 cm³/mol. The molecular weight excluding hydrogens is 388 g/mol. The molecule has 0 bridgehead atoms. The molecule has 4 rings (SSSR count). The summed E-state index contributed by atoms with van der Waals surface area (Å²) in [6.07, 6.45) is 2.82. The van der Waals surface area contributed by atoms with Gasteiger partial charge in [-0.3, -0.25) is 10.1 Å². The molecule has 1 heterocycles. The monoisotopic (exact) mass is 410 g/mol. The topological polar surface area (TPSA) is 84.8 Å². The zero-order chi connectivity index (χ0) is 21.8. The molecule has 0 saturated heterocycles. The van der Waals surface area contributed by atoms with Gasteiger partial charge in [-0.25, -0.2) is 4.98 Å². The number of unbranched alkanes of at least 4 members (excludes halogenated alkanes) is 1. The van der Waals surface area contributed by atoms with Crippen LogP contribution in [0.2, 0.25) is 0 Å². The molecule has 0 spiro atoms. The number of hydrogen-bond donors (Lipinski definition) is 0. The number of fused-ring (bicyclic) bond motifs is 1. The first-order valence-corrected chi connectivity index (χ1v) is 10.3. The number of aromatic nitrogens is 2. The fourth-order valence-electron chi connectivity index (χ4n) is 3.81. The van der Waals surface area contributed by atoms with Gasteiger partial charge >= 0.3 is 0 Å². The molecule has 0 aliphatic heterocycles. The van der Waals surface area contributed by atoms with E-state index < -0.39 is 0 Å². The molecule has 0 amide bonds. The molecule has 6 nitrogen and oxygen atoms in total. The van der Waals surface area contributed by atoms with E-state index in [1.165, 1.54) is 6.07 Å². The summed E-state index contributed by atoms with van der Waals surface area (Å²) in [5.41, 5.74) is 4.99. The smallest absolute Gasteiger partial charge is 0.271 e. The molecule has 1 aromatic heterocycles. The molecule has 0 radical (unpaired) electrons. The Morgan fingerprint density at radius 3 is 2.61 bits per heavy atom. The Kier molecular flexibility index (Phi) is 5.76. The van der Waals surface area contributed by atoms with Gasteiger partial charge in [0.15, 0.2) is 0 Å². The van der Waals surface area contributed by atoms with Crippen molar-refractivity contribution in [2.24, 2.45) is 0 Å². The summed E-state index contributed by atoms with van der Waals surface area (Å²) in [5.74, 6) is 0.906. The van der Waals surface area contributed by atoms with Gasteiger partial charge < -0.3 is 4.57 Å². The number of non-ortho nitro benzene ring substituents is 1. The molecule has 0 unspecified atom stereocenters. The molecule has 0 aliphatic carbocycles. The number of hydrogen-bond acceptors (Lipinski definition) is 4. The van der Waals surface area contributed by atoms with Gasteiger partial charge in [0.05, 0.1) is 27.6 Å². The molecule has 4 aromatic rings. The van der Waals surface area contributed by atoms with Crippen LogP contribution in [0.25, 0.3) is 22.2 Å². The van der Waals surface area contributed by atoms with Gasteiger partial charge in [0, 0.05) is 25.1 Å². The van der Waals surface area contributed by atoms with Gasteiger partial charge in [-0.15, -0.1) is 0 Å². The summed E-state index contributed by atoms with van der Waals surface area (Å²) >= 11 is 0. The summed E-state index contributed by atoms with van der Waals surface area (Å²) in [5, 5.41) is 21.0. The van der Waals surface area contributed by atoms with E-state index in [1.54, 1.807) is 12.1 Å². The van der Waals surface area contributed by atoms with E-state index in [2.05, 4.69) is 13.0 Å². The molecule has 6 heteroatoms. The fourth-order valence-corrected chi connectivity index (χ4v) is 3.81. The molecule has 0 aliphatic rings. The number of nitriles is 1. The zero-order valence-corrected chi connectivity index (χ0v) is 17.3. The summed E-state index contributed by atoms with van der Waals surface area (Å²) in [7, 11) is 0. The number of aryl methyl sites for hydroxylation is 1. The van der Waals surface area contributed by atoms with Crippen molar-refractivity contribution in [3.05, 3.63) is 93.8 Å². The molecule has 3 aromatic carbocycles. The summed E-state index contributed by atoms with van der Waals surface area (Å²) in [6.45, 7) is 2.62. The van der Waals surface area contributed by atoms with E-state index >= 15 is 0 Å². The number of imidazole rings is 1. The minimum absolute atomic E-state index is 0.0489. The van der Waals surface area contributed by atoms with E-state index in [-0.39, 0.29) is 10.6 Å². The first-order chi connectivity index (χ1) is 15.1. The van der Waals surface area contributed by atoms with Crippen molar-refractivity contribution >= 4 is 16.7 Å². The number of nitro groups is 1. The van der Waals surface area contributed by atoms with Crippen molar-refractivity contribution in [3.63, 3.8) is 0 Å². The number of benzene rings is 3. The summed E-state index contributed by atoms with van der Waals surface area (Å²) in [4.78, 5) is 15.6. The Balaban J connectivity index is 1.77. The van der Waals surface area contributed by atoms with Gasteiger partial charge in [-0.1, -0.05) is 55.8 Å². The Hall–Kier alpha value is -3.98. The highest BCUT2D eigenvalue weighted by Crippen LogP contribution is 2.27. The van der Waals surface area contributed by atoms with Crippen LogP contribution in [0.15, 0.2) is 66.7 Å². The predicted octanol–water partition coefficient (Wildman–Crippen LogP) is 5.87. The third-order valence-electron chi connectivity index (χ3n) is 5.41. The van der Waals surface area contributed by atoms with Crippen LogP contribution in [0.5, 0.6) is 0 Å². The van der Waals surface area contributed by atoms with Crippen molar-refractivity contribution in [2.75, 3.05) is 0 Å². The Morgan fingerprint density at radius 2 is 1.90 bits per heavy atom. The lowest BCUT2D eigenvalue weighted by Crippen LogP contribution is -2.06. The average molecular weight is 410 g/mol. The van der Waals surface area contributed by atoms with Crippen molar-refractivity contribution in [2.45, 2.75) is 32.7 Å². The van der Waals surface area contributed by atoms with Crippen molar-refractivity contribution in [1.29, 1.82) is 5.26 Å². The van der Waals surface area contributed by atoms with Gasteiger partial charge in [-0.2, -0.15) is 5.26 Å². The van der Waals surface area contributed by atoms with E-state index in [1.807, 2.05) is 53.1 Å². The minimum Gasteiger partial charge on any atom is -0.323 e. The molecular formula is C25H22N4O2. The Labute approximate surface area is 180 Å². The highest BCUT2D eigenvalue weighted by atomic mass is 16.6. The van der Waals surface area contributed by atoms with E-state index in [4.69, 9.17) is 4.98 Å². The van der Waals surface area contributed by atoms with Gasteiger partial charge in [0.1, 0.15) is 5.82 Å². The van der Waals surface area contributed by atoms with Crippen LogP contribution in [-0.4, -0.2) is 14.5 Å². The van der Waals surface area contributed by atoms with E-state index in [9.17, 15) is 15.4 Å². The van der Waals surface area contributed by atoms with Gasteiger partial charge in [0.2, 0.25) is 0 Å². The maximum absolute atomic E-state index is 11.3. The second-order valence-electron chi connectivity index (χ2n) is 7.51. The van der Waals surface area contributed by atoms with Crippen LogP contribution >= 0.6 is 0 Å². The summed E-state index contributed by atoms with van der Waals surface area (Å²) in [6, 6.07) is 22.8. The molecule has 0 fully saturated rings. The molecule has 0 saturated carbocycles. The normalized spacial score (nSPS) is 10.8. The first kappa shape index (κ1) is 20.3. The lowest BCUT2D eigenvalue weighted by Gasteiger charge is -2.11. The number of rotatable bonds is 7. The SMILES string of the molecule is CCCCc1nc2ccc([N+](=O)[O-])cc2n1Cc1ccc(-c2ccccc2)c(C#N)c1. The maximum atomic E-state index is 11.3. The highest BCUT2D eigenvalue weighted by molar-refractivity contribution is 5.79. The quantitative estimate of drug-likeness (QED) is 0.281. The average Bonchev–Trinajstić information content (AvgIpc) is 3.14. The van der Waals surface area contributed by atoms with Crippen LogP contribution in [0.4, 0.5) is 5.69 Å². The van der Waals surface area contributed by atoms with Crippen molar-refractivity contribution in [1.82, 2.24) is 9.55 Å². The number of nitro benzene ring substituents is 1. The number of nitrogens with zero attached hydrogens (tertiary/aromatic N) is 4. The third kappa shape index (κ3) is 4.17. The lowest BCUT2D eigenvalue weighted by atomic mass is 9.98. The summed E-state index contributed by atoms with van der Waals surface area (Å²) < 4.78 is 2.04. The van der Waals surface area contributed by atoms with Gasteiger partial charge in [-0.05, 0) is 35.2 Å².